The van der Waals surface area contributed by atoms with Gasteiger partial charge in [-0.25, -0.2) is 13.4 Å². The predicted octanol–water partition coefficient (Wildman–Crippen LogP) is 4.12. The van der Waals surface area contributed by atoms with Gasteiger partial charge >= 0.3 is 0 Å². The van der Waals surface area contributed by atoms with E-state index < -0.39 is 15.1 Å². The third kappa shape index (κ3) is 3.09. The Balaban J connectivity index is 2.40. The fourth-order valence-corrected chi connectivity index (χ4v) is 3.43. The number of aromatic nitrogens is 1. The fourth-order valence-electron chi connectivity index (χ4n) is 2.05. The summed E-state index contributed by atoms with van der Waals surface area (Å²) in [5.74, 6) is 0.924. The molecule has 0 aliphatic heterocycles. The second-order valence-electron chi connectivity index (χ2n) is 6.75. The first-order valence-electron chi connectivity index (χ1n) is 7.31. The minimum Gasteiger partial charge on any atom is -0.444 e. The van der Waals surface area contributed by atoms with Crippen LogP contribution in [0.1, 0.15) is 55.7 Å². The Labute approximate surface area is 132 Å². The maximum Gasteiger partial charge on any atom is 0.212 e. The van der Waals surface area contributed by atoms with Crippen molar-refractivity contribution in [2.45, 2.75) is 57.1 Å². The van der Waals surface area contributed by atoms with Crippen LogP contribution in [0.3, 0.4) is 0 Å². The quantitative estimate of drug-likeness (QED) is 0.853. The minimum absolute atomic E-state index is 0.199. The van der Waals surface area contributed by atoms with Crippen LogP contribution >= 0.6 is 0 Å². The van der Waals surface area contributed by atoms with Crippen LogP contribution < -0.4 is 0 Å². The molecule has 4 nitrogen and oxygen atoms in total. The number of nitrogens with zero attached hydrogens (tertiary/aromatic N) is 1. The Bertz CT molecular complexity index is 782. The zero-order chi connectivity index (χ0) is 16.7. The standard InChI is InChI=1S/C17H23NO3S/c1-11-7-8-14(9-12(11)2)22(19,20)13(3)16-18-10-15(21-16)17(4,5)6/h7-10,13H,1-6H3/t13-/m0/s1. The molecule has 0 saturated carbocycles. The lowest BCUT2D eigenvalue weighted by atomic mass is 9.94. The fraction of sp³-hybridized carbons (Fsp3) is 0.471. The van der Waals surface area contributed by atoms with Crippen molar-refractivity contribution in [2.75, 3.05) is 0 Å². The number of aryl methyl sites for hydroxylation is 2. The van der Waals surface area contributed by atoms with Gasteiger partial charge in [0.1, 0.15) is 11.0 Å². The van der Waals surface area contributed by atoms with E-state index in [9.17, 15) is 8.42 Å². The van der Waals surface area contributed by atoms with Gasteiger partial charge in [0, 0.05) is 5.41 Å². The van der Waals surface area contributed by atoms with E-state index in [1.165, 1.54) is 0 Å². The van der Waals surface area contributed by atoms with Crippen molar-refractivity contribution in [1.29, 1.82) is 0 Å². The lowest BCUT2D eigenvalue weighted by Gasteiger charge is -2.14. The van der Waals surface area contributed by atoms with E-state index in [0.29, 0.717) is 10.7 Å². The van der Waals surface area contributed by atoms with Gasteiger partial charge in [-0.1, -0.05) is 26.8 Å². The van der Waals surface area contributed by atoms with Crippen LogP contribution in [0.4, 0.5) is 0 Å². The number of benzene rings is 1. The first-order valence-corrected chi connectivity index (χ1v) is 8.85. The van der Waals surface area contributed by atoms with E-state index in [2.05, 4.69) is 4.98 Å². The molecule has 22 heavy (non-hydrogen) atoms. The van der Waals surface area contributed by atoms with Crippen molar-refractivity contribution in [3.8, 4) is 0 Å². The average molecular weight is 321 g/mol. The summed E-state index contributed by atoms with van der Waals surface area (Å²) in [5.41, 5.74) is 1.82. The van der Waals surface area contributed by atoms with Gasteiger partial charge in [0.05, 0.1) is 11.1 Å². The second-order valence-corrected chi connectivity index (χ2v) is 9.01. The lowest BCUT2D eigenvalue weighted by Crippen LogP contribution is -2.12. The van der Waals surface area contributed by atoms with Crippen molar-refractivity contribution >= 4 is 9.84 Å². The Morgan fingerprint density at radius 2 is 1.77 bits per heavy atom. The Morgan fingerprint density at radius 1 is 1.14 bits per heavy atom. The predicted molar refractivity (Wildman–Crippen MR) is 86.7 cm³/mol. The van der Waals surface area contributed by atoms with Crippen molar-refractivity contribution in [3.63, 3.8) is 0 Å². The van der Waals surface area contributed by atoms with Gasteiger partial charge in [-0.15, -0.1) is 0 Å². The topological polar surface area (TPSA) is 60.2 Å². The molecule has 1 heterocycles. The van der Waals surface area contributed by atoms with E-state index in [1.54, 1.807) is 25.3 Å². The molecule has 1 aromatic heterocycles. The summed E-state index contributed by atoms with van der Waals surface area (Å²) in [6, 6.07) is 5.17. The molecular weight excluding hydrogens is 298 g/mol. The van der Waals surface area contributed by atoms with Crippen molar-refractivity contribution in [3.05, 3.63) is 47.2 Å². The molecule has 5 heteroatoms. The number of rotatable bonds is 3. The van der Waals surface area contributed by atoms with E-state index in [0.717, 1.165) is 11.1 Å². The number of hydrogen-bond donors (Lipinski definition) is 0. The first kappa shape index (κ1) is 16.7. The van der Waals surface area contributed by atoms with E-state index in [4.69, 9.17) is 4.42 Å². The molecular formula is C17H23NO3S. The number of hydrogen-bond acceptors (Lipinski definition) is 4. The summed E-state index contributed by atoms with van der Waals surface area (Å²) in [7, 11) is -3.52. The maximum absolute atomic E-state index is 12.8. The molecule has 1 atom stereocenters. The highest BCUT2D eigenvalue weighted by Gasteiger charge is 2.30. The van der Waals surface area contributed by atoms with Crippen LogP contribution in [0.25, 0.3) is 0 Å². The van der Waals surface area contributed by atoms with E-state index >= 15 is 0 Å². The normalized spacial score (nSPS) is 14.1. The van der Waals surface area contributed by atoms with E-state index in [1.807, 2.05) is 40.7 Å². The summed E-state index contributed by atoms with van der Waals surface area (Å²) in [6.45, 7) is 11.5. The third-order valence-corrected chi connectivity index (χ3v) is 5.93. The molecule has 0 unspecified atom stereocenters. The second kappa shape index (κ2) is 5.54. The average Bonchev–Trinajstić information content (AvgIpc) is 2.90. The molecule has 0 radical (unpaired) electrons. The molecule has 0 aliphatic carbocycles. The van der Waals surface area contributed by atoms with E-state index in [-0.39, 0.29) is 11.3 Å². The highest BCUT2D eigenvalue weighted by Crippen LogP contribution is 2.31. The van der Waals surface area contributed by atoms with Crippen molar-refractivity contribution < 1.29 is 12.8 Å². The van der Waals surface area contributed by atoms with Gasteiger partial charge in [-0.2, -0.15) is 0 Å². The summed E-state index contributed by atoms with van der Waals surface area (Å²) in [5, 5.41) is -0.814. The molecule has 0 fully saturated rings. The van der Waals surface area contributed by atoms with Gasteiger partial charge < -0.3 is 4.42 Å². The van der Waals surface area contributed by atoms with Crippen LogP contribution in [-0.4, -0.2) is 13.4 Å². The maximum atomic E-state index is 12.8. The number of oxazole rings is 1. The molecule has 2 rings (SSSR count). The van der Waals surface area contributed by atoms with Crippen LogP contribution in [-0.2, 0) is 15.3 Å². The molecule has 0 saturated heterocycles. The minimum atomic E-state index is -3.52. The largest absolute Gasteiger partial charge is 0.444 e. The monoisotopic (exact) mass is 321 g/mol. The van der Waals surface area contributed by atoms with Gasteiger partial charge in [0.2, 0.25) is 5.89 Å². The molecule has 2 aromatic rings. The summed E-state index contributed by atoms with van der Waals surface area (Å²) >= 11 is 0. The van der Waals surface area contributed by atoms with Crippen LogP contribution in [0.5, 0.6) is 0 Å². The molecule has 0 amide bonds. The smallest absolute Gasteiger partial charge is 0.212 e. The Hall–Kier alpha value is -1.62. The highest BCUT2D eigenvalue weighted by molar-refractivity contribution is 7.91. The van der Waals surface area contributed by atoms with Crippen molar-refractivity contribution in [2.24, 2.45) is 0 Å². The molecule has 0 bridgehead atoms. The molecule has 0 N–H and O–H groups in total. The lowest BCUT2D eigenvalue weighted by molar-refractivity contribution is 0.380. The first-order chi connectivity index (χ1) is 10.0. The third-order valence-electron chi connectivity index (χ3n) is 3.88. The van der Waals surface area contributed by atoms with Crippen LogP contribution in [0, 0.1) is 13.8 Å². The SMILES string of the molecule is Cc1ccc(S(=O)(=O)[C@@H](C)c2ncc(C(C)(C)C)o2)cc1C. The van der Waals surface area contributed by atoms with Gasteiger partial charge in [0.25, 0.3) is 0 Å². The zero-order valence-electron chi connectivity index (χ0n) is 14.0. The zero-order valence-corrected chi connectivity index (χ0v) is 14.8. The van der Waals surface area contributed by atoms with Crippen LogP contribution in [0.2, 0.25) is 0 Å². The Kier molecular flexibility index (Phi) is 4.22. The summed E-state index contributed by atoms with van der Waals surface area (Å²) in [4.78, 5) is 4.47. The summed E-state index contributed by atoms with van der Waals surface area (Å²) < 4.78 is 31.2. The molecule has 0 aliphatic rings. The van der Waals surface area contributed by atoms with Gasteiger partial charge in [-0.3, -0.25) is 0 Å². The summed E-state index contributed by atoms with van der Waals surface area (Å²) in [6.07, 6.45) is 1.61. The molecule has 120 valence electrons. The van der Waals surface area contributed by atoms with Gasteiger partial charge in [-0.05, 0) is 44.0 Å². The van der Waals surface area contributed by atoms with Crippen molar-refractivity contribution in [1.82, 2.24) is 4.98 Å². The highest BCUT2D eigenvalue weighted by atomic mass is 32.2. The molecule has 0 spiro atoms. The van der Waals surface area contributed by atoms with Gasteiger partial charge in [0.15, 0.2) is 9.84 Å². The molecule has 1 aromatic carbocycles. The number of sulfone groups is 1. The Morgan fingerprint density at radius 3 is 2.27 bits per heavy atom. The van der Waals surface area contributed by atoms with Crippen LogP contribution in [0.15, 0.2) is 33.7 Å².